The maximum absolute atomic E-state index is 12.2. The average Bonchev–Trinajstić information content (AvgIpc) is 2.83. The normalized spacial score (nSPS) is 14.6. The van der Waals surface area contributed by atoms with Gasteiger partial charge in [0.15, 0.2) is 0 Å². The van der Waals surface area contributed by atoms with Crippen LogP contribution in [0.4, 0.5) is 5.69 Å². The van der Waals surface area contributed by atoms with E-state index >= 15 is 0 Å². The first-order chi connectivity index (χ1) is 16.0. The minimum absolute atomic E-state index is 0.160. The Morgan fingerprint density at radius 1 is 0.909 bits per heavy atom. The number of carboxylic acids is 1. The van der Waals surface area contributed by atoms with Crippen molar-refractivity contribution in [3.8, 4) is 17.2 Å². The number of fused-ring (bicyclic) bond motifs is 4. The van der Waals surface area contributed by atoms with Crippen LogP contribution in [0.15, 0.2) is 72.8 Å². The first kappa shape index (κ1) is 21.0. The Bertz CT molecular complexity index is 1370. The van der Waals surface area contributed by atoms with Gasteiger partial charge in [0, 0.05) is 23.1 Å². The van der Waals surface area contributed by atoms with Gasteiger partial charge in [-0.1, -0.05) is 30.3 Å². The highest BCUT2D eigenvalue weighted by Crippen LogP contribution is 2.51. The Labute approximate surface area is 192 Å². The molecule has 0 saturated carbocycles. The van der Waals surface area contributed by atoms with E-state index in [9.17, 15) is 15.0 Å². The minimum Gasteiger partial charge on any atom is -0.508 e. The van der Waals surface area contributed by atoms with Crippen LogP contribution in [0.25, 0.3) is 10.8 Å². The molecule has 0 fully saturated rings. The van der Waals surface area contributed by atoms with Crippen LogP contribution in [0.5, 0.6) is 17.2 Å². The predicted molar refractivity (Wildman–Crippen MR) is 128 cm³/mol. The number of phenols is 1. The molecule has 0 saturated heterocycles. The number of phenolic OH excluding ortho intramolecular Hbond substituents is 1. The van der Waals surface area contributed by atoms with E-state index in [1.54, 1.807) is 24.3 Å². The summed E-state index contributed by atoms with van der Waals surface area (Å²) in [7, 11) is 0. The smallest absolute Gasteiger partial charge is 0.335 e. The summed E-state index contributed by atoms with van der Waals surface area (Å²) in [6, 6.07) is 22.5. The molecule has 1 unspecified atom stereocenters. The average molecular weight is 441 g/mol. The SMILES string of the molecule is CC[NH+](CC)c1ccc2c(c1)Oc1ccc3ccc(O)cc3c1C2c1ccccc1C(=O)O. The molecule has 1 aliphatic rings. The highest BCUT2D eigenvalue weighted by Gasteiger charge is 2.33. The third-order valence-corrected chi connectivity index (χ3v) is 6.60. The van der Waals surface area contributed by atoms with Crippen LogP contribution in [0.1, 0.15) is 46.8 Å². The molecule has 4 aromatic carbocycles. The zero-order valence-electron chi connectivity index (χ0n) is 18.6. The molecule has 0 aliphatic carbocycles. The van der Waals surface area contributed by atoms with Gasteiger partial charge in [-0.3, -0.25) is 0 Å². The van der Waals surface area contributed by atoms with E-state index in [0.29, 0.717) is 11.3 Å². The fraction of sp³-hybridized carbons (Fsp3) is 0.179. The largest absolute Gasteiger partial charge is 0.508 e. The zero-order valence-corrected chi connectivity index (χ0v) is 18.6. The van der Waals surface area contributed by atoms with Gasteiger partial charge in [0.25, 0.3) is 0 Å². The van der Waals surface area contributed by atoms with Crippen molar-refractivity contribution in [2.75, 3.05) is 13.1 Å². The lowest BCUT2D eigenvalue weighted by atomic mass is 9.78. The van der Waals surface area contributed by atoms with Gasteiger partial charge in [-0.2, -0.15) is 0 Å². The second-order valence-corrected chi connectivity index (χ2v) is 8.37. The van der Waals surface area contributed by atoms with E-state index < -0.39 is 5.97 Å². The van der Waals surface area contributed by atoms with Crippen LogP contribution in [0, 0.1) is 0 Å². The summed E-state index contributed by atoms with van der Waals surface area (Å²) in [6.07, 6.45) is 0. The summed E-state index contributed by atoms with van der Waals surface area (Å²) in [5, 5.41) is 22.0. The maximum atomic E-state index is 12.2. The summed E-state index contributed by atoms with van der Waals surface area (Å²) in [4.78, 5) is 13.5. The van der Waals surface area contributed by atoms with Crippen molar-refractivity contribution in [1.29, 1.82) is 0 Å². The number of benzene rings is 4. The van der Waals surface area contributed by atoms with Gasteiger partial charge in [-0.15, -0.1) is 0 Å². The molecule has 0 bridgehead atoms. The van der Waals surface area contributed by atoms with Crippen LogP contribution in [0.3, 0.4) is 0 Å². The summed E-state index contributed by atoms with van der Waals surface area (Å²) in [5.74, 6) is 0.267. The minimum atomic E-state index is -0.965. The highest BCUT2D eigenvalue weighted by molar-refractivity contribution is 5.94. The van der Waals surface area contributed by atoms with Crippen LogP contribution in [-0.2, 0) is 0 Å². The molecule has 166 valence electrons. The second-order valence-electron chi connectivity index (χ2n) is 8.37. The zero-order chi connectivity index (χ0) is 23.1. The first-order valence-corrected chi connectivity index (χ1v) is 11.3. The van der Waals surface area contributed by atoms with E-state index in [1.165, 1.54) is 4.90 Å². The Balaban J connectivity index is 1.82. The Kier molecular flexibility index (Phi) is 5.27. The number of nitrogens with one attached hydrogen (secondary N) is 1. The van der Waals surface area contributed by atoms with Gasteiger partial charge in [0.2, 0.25) is 0 Å². The van der Waals surface area contributed by atoms with Crippen LogP contribution >= 0.6 is 0 Å². The van der Waals surface area contributed by atoms with Gasteiger partial charge in [0.05, 0.1) is 18.7 Å². The number of quaternary nitrogens is 1. The molecule has 1 aliphatic heterocycles. The van der Waals surface area contributed by atoms with E-state index in [4.69, 9.17) is 4.74 Å². The molecule has 0 aromatic heterocycles. The van der Waals surface area contributed by atoms with Gasteiger partial charge >= 0.3 is 5.97 Å². The third kappa shape index (κ3) is 3.51. The molecule has 33 heavy (non-hydrogen) atoms. The molecule has 5 nitrogen and oxygen atoms in total. The topological polar surface area (TPSA) is 71.2 Å². The van der Waals surface area contributed by atoms with Crippen LogP contribution < -0.4 is 9.64 Å². The molecule has 5 heteroatoms. The van der Waals surface area contributed by atoms with Gasteiger partial charge < -0.3 is 19.8 Å². The Morgan fingerprint density at radius 3 is 2.42 bits per heavy atom. The fourth-order valence-corrected chi connectivity index (χ4v) is 4.98. The molecular weight excluding hydrogens is 414 g/mol. The van der Waals surface area contributed by atoms with Crippen molar-refractivity contribution in [2.24, 2.45) is 0 Å². The Hall–Kier alpha value is -3.83. The van der Waals surface area contributed by atoms with Crippen LogP contribution in [-0.4, -0.2) is 29.3 Å². The van der Waals surface area contributed by atoms with E-state index in [-0.39, 0.29) is 17.2 Å². The first-order valence-electron chi connectivity index (χ1n) is 11.3. The number of carboxylic acid groups (broad SMARTS) is 1. The summed E-state index contributed by atoms with van der Waals surface area (Å²) < 4.78 is 6.41. The molecule has 3 N–H and O–H groups in total. The maximum Gasteiger partial charge on any atom is 0.335 e. The quantitative estimate of drug-likeness (QED) is 0.356. The monoisotopic (exact) mass is 440 g/mol. The van der Waals surface area contributed by atoms with Gasteiger partial charge in [-0.05, 0) is 66.6 Å². The van der Waals surface area contributed by atoms with Crippen molar-refractivity contribution in [1.82, 2.24) is 0 Å². The third-order valence-electron chi connectivity index (χ3n) is 6.60. The summed E-state index contributed by atoms with van der Waals surface area (Å²) in [5.41, 5.74) is 3.90. The molecule has 0 spiro atoms. The molecule has 4 aromatic rings. The van der Waals surface area contributed by atoms with Crippen molar-refractivity contribution in [3.05, 3.63) is 95.1 Å². The summed E-state index contributed by atoms with van der Waals surface area (Å²) >= 11 is 0. The molecule has 1 heterocycles. The standard InChI is InChI=1S/C28H25NO4/c1-3-29(4-2)18-11-13-22-25(15-18)33-24-14-10-17-9-12-19(30)16-23(17)27(24)26(22)20-7-5-6-8-21(20)28(31)32/h5-16,26,30H,3-4H2,1-2H3,(H,31,32)/p+1. The predicted octanol–water partition coefficient (Wildman–Crippen LogP) is 5.09. The number of hydrogen-bond acceptors (Lipinski definition) is 3. The molecule has 0 radical (unpaired) electrons. The van der Waals surface area contributed by atoms with Crippen molar-refractivity contribution >= 4 is 22.4 Å². The molecule has 0 amide bonds. The molecular formula is C28H26NO4+. The lowest BCUT2D eigenvalue weighted by Crippen LogP contribution is -3.06. The van der Waals surface area contributed by atoms with Crippen molar-refractivity contribution in [3.63, 3.8) is 0 Å². The van der Waals surface area contributed by atoms with E-state index in [0.717, 1.165) is 46.4 Å². The van der Waals surface area contributed by atoms with Gasteiger partial charge in [0.1, 0.15) is 22.9 Å². The van der Waals surface area contributed by atoms with Crippen molar-refractivity contribution < 1.29 is 24.6 Å². The highest BCUT2D eigenvalue weighted by atomic mass is 16.5. The van der Waals surface area contributed by atoms with Crippen LogP contribution in [0.2, 0.25) is 0 Å². The Morgan fingerprint density at radius 2 is 1.67 bits per heavy atom. The molecule has 5 rings (SSSR count). The number of aromatic hydroxyl groups is 1. The number of carbonyl (C=O) groups is 1. The number of ether oxygens (including phenoxy) is 1. The number of rotatable bonds is 5. The van der Waals surface area contributed by atoms with Crippen molar-refractivity contribution in [2.45, 2.75) is 19.8 Å². The number of hydrogen-bond donors (Lipinski definition) is 3. The number of aromatic carboxylic acids is 1. The second kappa shape index (κ2) is 8.26. The molecule has 1 atom stereocenters. The van der Waals surface area contributed by atoms with E-state index in [1.807, 2.05) is 30.3 Å². The van der Waals surface area contributed by atoms with Gasteiger partial charge in [-0.25, -0.2) is 4.79 Å². The summed E-state index contributed by atoms with van der Waals surface area (Å²) in [6.45, 7) is 6.22. The lowest BCUT2D eigenvalue weighted by Gasteiger charge is -2.31. The fourth-order valence-electron chi connectivity index (χ4n) is 4.98. The van der Waals surface area contributed by atoms with E-state index in [2.05, 4.69) is 32.0 Å². The lowest BCUT2D eigenvalue weighted by molar-refractivity contribution is -0.828.